The molecular weight excluding hydrogens is 232 g/mol. The number of rotatable bonds is 5. The molecule has 1 saturated heterocycles. The number of hydrogen-bond donors (Lipinski definition) is 1. The number of hydrogen-bond acceptors (Lipinski definition) is 2. The topological polar surface area (TPSA) is 29.3 Å². The molecule has 1 heterocycles. The van der Waals surface area contributed by atoms with Crippen molar-refractivity contribution in [2.75, 3.05) is 11.4 Å². The molecule has 2 N–H and O–H groups in total. The van der Waals surface area contributed by atoms with E-state index in [1.807, 2.05) is 0 Å². The van der Waals surface area contributed by atoms with Gasteiger partial charge in [-0.3, -0.25) is 0 Å². The smallest absolute Gasteiger partial charge is 0.0368 e. The van der Waals surface area contributed by atoms with E-state index in [4.69, 9.17) is 5.73 Å². The molecule has 1 aromatic carbocycles. The third-order valence-corrected chi connectivity index (χ3v) is 4.34. The first-order valence-corrected chi connectivity index (χ1v) is 7.88. The Bertz CT molecular complexity index is 369. The lowest BCUT2D eigenvalue weighted by Gasteiger charge is -2.37. The van der Waals surface area contributed by atoms with Crippen LogP contribution in [0, 0.1) is 0 Å². The van der Waals surface area contributed by atoms with E-state index in [0.717, 1.165) is 12.5 Å². The molecule has 1 aliphatic rings. The largest absolute Gasteiger partial charge is 0.369 e. The number of piperidine rings is 1. The highest BCUT2D eigenvalue weighted by Crippen LogP contribution is 2.28. The maximum Gasteiger partial charge on any atom is 0.0368 e. The second kappa shape index (κ2) is 6.95. The summed E-state index contributed by atoms with van der Waals surface area (Å²) in [6.07, 6.45) is 7.66. The number of benzene rings is 1. The van der Waals surface area contributed by atoms with Crippen LogP contribution in [0.3, 0.4) is 0 Å². The minimum Gasteiger partial charge on any atom is -0.369 e. The third-order valence-electron chi connectivity index (χ3n) is 4.34. The van der Waals surface area contributed by atoms with E-state index < -0.39 is 0 Å². The predicted molar refractivity (Wildman–Crippen MR) is 83.6 cm³/mol. The fraction of sp³-hybridized carbons (Fsp3) is 0.647. The van der Waals surface area contributed by atoms with Gasteiger partial charge in [0.15, 0.2) is 0 Å². The zero-order valence-corrected chi connectivity index (χ0v) is 12.4. The van der Waals surface area contributed by atoms with Gasteiger partial charge >= 0.3 is 0 Å². The van der Waals surface area contributed by atoms with E-state index in [2.05, 4.69) is 43.0 Å². The minimum atomic E-state index is 0.182. The summed E-state index contributed by atoms with van der Waals surface area (Å²) in [6, 6.07) is 9.87. The second-order valence-corrected chi connectivity index (χ2v) is 5.74. The molecule has 0 amide bonds. The molecule has 2 nitrogen and oxygen atoms in total. The summed E-state index contributed by atoms with van der Waals surface area (Å²) in [5.41, 5.74) is 8.72. The van der Waals surface area contributed by atoms with Crippen molar-refractivity contribution in [2.24, 2.45) is 5.73 Å². The molecule has 0 saturated carbocycles. The summed E-state index contributed by atoms with van der Waals surface area (Å²) in [6.45, 7) is 5.64. The zero-order valence-electron chi connectivity index (χ0n) is 12.4. The van der Waals surface area contributed by atoms with E-state index >= 15 is 0 Å². The molecule has 2 atom stereocenters. The van der Waals surface area contributed by atoms with E-state index in [1.165, 1.54) is 49.9 Å². The number of nitrogens with two attached hydrogens (primary N) is 1. The highest BCUT2D eigenvalue weighted by atomic mass is 15.2. The van der Waals surface area contributed by atoms with E-state index in [-0.39, 0.29) is 6.04 Å². The Balaban J connectivity index is 2.11. The van der Waals surface area contributed by atoms with Crippen molar-refractivity contribution in [3.63, 3.8) is 0 Å². The van der Waals surface area contributed by atoms with Gasteiger partial charge in [0.05, 0.1) is 0 Å². The van der Waals surface area contributed by atoms with Gasteiger partial charge in [0.1, 0.15) is 0 Å². The summed E-state index contributed by atoms with van der Waals surface area (Å²) in [4.78, 5) is 2.61. The first-order chi connectivity index (χ1) is 9.26. The molecule has 2 rings (SSSR count). The molecule has 0 aromatic heterocycles. The lowest BCUT2D eigenvalue weighted by atomic mass is 9.97. The number of anilines is 1. The van der Waals surface area contributed by atoms with Crippen LogP contribution in [0.4, 0.5) is 5.69 Å². The molecule has 1 aliphatic heterocycles. The fourth-order valence-electron chi connectivity index (χ4n) is 3.12. The molecule has 0 aliphatic carbocycles. The van der Waals surface area contributed by atoms with Crippen LogP contribution in [0.15, 0.2) is 24.3 Å². The van der Waals surface area contributed by atoms with Crippen LogP contribution in [0.5, 0.6) is 0 Å². The van der Waals surface area contributed by atoms with Crippen LogP contribution in [-0.4, -0.2) is 12.6 Å². The maximum atomic E-state index is 6.08. The van der Waals surface area contributed by atoms with Crippen LogP contribution in [-0.2, 0) is 0 Å². The van der Waals surface area contributed by atoms with Crippen molar-refractivity contribution in [3.05, 3.63) is 29.8 Å². The average Bonchev–Trinajstić information content (AvgIpc) is 2.47. The van der Waals surface area contributed by atoms with Crippen LogP contribution < -0.4 is 10.6 Å². The standard InChI is InChI=1S/C17H28N2/c1-3-7-15-8-5-6-13-19(15)16-11-9-14(10-12-16)17(18)4-2/h9-12,15,17H,3-8,13,18H2,1-2H3. The minimum absolute atomic E-state index is 0.182. The normalized spacial score (nSPS) is 21.4. The molecule has 106 valence electrons. The van der Waals surface area contributed by atoms with Gasteiger partial charge in [-0.1, -0.05) is 32.4 Å². The molecule has 1 fully saturated rings. The van der Waals surface area contributed by atoms with Crippen LogP contribution in [0.1, 0.15) is 64.0 Å². The Morgan fingerprint density at radius 2 is 1.95 bits per heavy atom. The van der Waals surface area contributed by atoms with E-state index in [1.54, 1.807) is 0 Å². The van der Waals surface area contributed by atoms with Gasteiger partial charge in [0, 0.05) is 24.3 Å². The van der Waals surface area contributed by atoms with Crippen LogP contribution >= 0.6 is 0 Å². The summed E-state index contributed by atoms with van der Waals surface area (Å²) in [5.74, 6) is 0. The quantitative estimate of drug-likeness (QED) is 0.857. The molecule has 0 bridgehead atoms. The van der Waals surface area contributed by atoms with Gasteiger partial charge in [0.25, 0.3) is 0 Å². The van der Waals surface area contributed by atoms with Gasteiger partial charge in [-0.2, -0.15) is 0 Å². The van der Waals surface area contributed by atoms with Gasteiger partial charge in [-0.05, 0) is 49.8 Å². The van der Waals surface area contributed by atoms with Gasteiger partial charge < -0.3 is 10.6 Å². The molecule has 19 heavy (non-hydrogen) atoms. The highest BCUT2D eigenvalue weighted by molar-refractivity contribution is 5.49. The molecule has 0 radical (unpaired) electrons. The van der Waals surface area contributed by atoms with Crippen molar-refractivity contribution in [1.29, 1.82) is 0 Å². The van der Waals surface area contributed by atoms with Crippen molar-refractivity contribution in [3.8, 4) is 0 Å². The highest BCUT2D eigenvalue weighted by Gasteiger charge is 2.21. The first kappa shape index (κ1) is 14.4. The Hall–Kier alpha value is -1.02. The molecule has 2 heteroatoms. The third kappa shape index (κ3) is 3.50. The second-order valence-electron chi connectivity index (χ2n) is 5.74. The Labute approximate surface area is 118 Å². The molecule has 2 unspecified atom stereocenters. The number of nitrogens with zero attached hydrogens (tertiary/aromatic N) is 1. The van der Waals surface area contributed by atoms with Crippen molar-refractivity contribution in [1.82, 2.24) is 0 Å². The van der Waals surface area contributed by atoms with Crippen LogP contribution in [0.25, 0.3) is 0 Å². The predicted octanol–water partition coefficient (Wildman–Crippen LogP) is 4.26. The molecule has 0 spiro atoms. The van der Waals surface area contributed by atoms with Gasteiger partial charge in [-0.15, -0.1) is 0 Å². The van der Waals surface area contributed by atoms with Crippen molar-refractivity contribution < 1.29 is 0 Å². The van der Waals surface area contributed by atoms with Crippen LogP contribution in [0.2, 0.25) is 0 Å². The SMILES string of the molecule is CCCC1CCCCN1c1ccc(C(N)CC)cc1. The van der Waals surface area contributed by atoms with Gasteiger partial charge in [0.2, 0.25) is 0 Å². The lowest BCUT2D eigenvalue weighted by molar-refractivity contribution is 0.435. The average molecular weight is 260 g/mol. The molecular formula is C17H28N2. The Morgan fingerprint density at radius 3 is 2.58 bits per heavy atom. The van der Waals surface area contributed by atoms with Crippen molar-refractivity contribution in [2.45, 2.75) is 64.5 Å². The van der Waals surface area contributed by atoms with E-state index in [9.17, 15) is 0 Å². The summed E-state index contributed by atoms with van der Waals surface area (Å²) < 4.78 is 0. The van der Waals surface area contributed by atoms with Crippen molar-refractivity contribution >= 4 is 5.69 Å². The Kier molecular flexibility index (Phi) is 5.26. The summed E-state index contributed by atoms with van der Waals surface area (Å²) in [7, 11) is 0. The van der Waals surface area contributed by atoms with Gasteiger partial charge in [-0.25, -0.2) is 0 Å². The van der Waals surface area contributed by atoms with E-state index in [0.29, 0.717) is 0 Å². The lowest BCUT2D eigenvalue weighted by Crippen LogP contribution is -2.39. The summed E-state index contributed by atoms with van der Waals surface area (Å²) in [5, 5.41) is 0. The maximum absolute atomic E-state index is 6.08. The first-order valence-electron chi connectivity index (χ1n) is 7.88. The Morgan fingerprint density at radius 1 is 1.21 bits per heavy atom. The zero-order chi connectivity index (χ0) is 13.7. The monoisotopic (exact) mass is 260 g/mol. The molecule has 1 aromatic rings. The summed E-state index contributed by atoms with van der Waals surface area (Å²) >= 11 is 0. The fourth-order valence-corrected chi connectivity index (χ4v) is 3.12.